The van der Waals surface area contributed by atoms with Crippen LogP contribution in [-0.4, -0.2) is 34.2 Å². The second-order valence-electron chi connectivity index (χ2n) is 6.46. The number of hydrogen-bond acceptors (Lipinski definition) is 6. The van der Waals surface area contributed by atoms with E-state index in [4.69, 9.17) is 10.00 Å². The van der Waals surface area contributed by atoms with Crippen LogP contribution in [0.15, 0.2) is 24.4 Å². The molecule has 3 rings (SSSR count). The summed E-state index contributed by atoms with van der Waals surface area (Å²) in [5.74, 6) is -0.339. The van der Waals surface area contributed by atoms with Crippen molar-refractivity contribution in [3.8, 4) is 17.6 Å². The van der Waals surface area contributed by atoms with Crippen molar-refractivity contribution in [2.24, 2.45) is 0 Å². The van der Waals surface area contributed by atoms with E-state index < -0.39 is 6.61 Å². The minimum Gasteiger partial charge on any atom is -0.493 e. The zero-order valence-electron chi connectivity index (χ0n) is 16.6. The van der Waals surface area contributed by atoms with Crippen LogP contribution in [0.1, 0.15) is 28.9 Å². The van der Waals surface area contributed by atoms with E-state index in [0.717, 1.165) is 11.3 Å². The first-order chi connectivity index (χ1) is 14.3. The number of amides is 1. The van der Waals surface area contributed by atoms with Crippen molar-refractivity contribution in [2.75, 3.05) is 12.4 Å². The summed E-state index contributed by atoms with van der Waals surface area (Å²) in [7, 11) is 1.33. The zero-order valence-corrected chi connectivity index (χ0v) is 16.6. The molecule has 0 saturated heterocycles. The van der Waals surface area contributed by atoms with Crippen LogP contribution in [0.25, 0.3) is 5.65 Å². The first kappa shape index (κ1) is 21.0. The Hall–Kier alpha value is -3.74. The lowest BCUT2D eigenvalue weighted by Gasteiger charge is -2.13. The Morgan fingerprint density at radius 2 is 2.10 bits per heavy atom. The molecular weight excluding hydrogens is 396 g/mol. The summed E-state index contributed by atoms with van der Waals surface area (Å²) in [5.41, 5.74) is 3.52. The number of methoxy groups -OCH3 is 1. The van der Waals surface area contributed by atoms with Gasteiger partial charge in [-0.15, -0.1) is 0 Å². The van der Waals surface area contributed by atoms with E-state index in [0.29, 0.717) is 29.0 Å². The first-order valence-electron chi connectivity index (χ1n) is 9.00. The van der Waals surface area contributed by atoms with Crippen molar-refractivity contribution >= 4 is 17.2 Å². The molecule has 0 aliphatic carbocycles. The molecule has 0 radical (unpaired) electrons. The number of nitriles is 1. The predicted molar refractivity (Wildman–Crippen MR) is 104 cm³/mol. The highest BCUT2D eigenvalue weighted by Gasteiger charge is 2.16. The maximum absolute atomic E-state index is 12.6. The standard InChI is InChI=1S/C20H19F2N5O3/c1-11-15(12(2)27-19(25-11)13(9-23)10-24-27)5-7-18(28)26-14-4-6-16(29-3)17(8-14)30-20(21)22/h4,6,8,10,20H,5,7H2,1-3H3,(H,26,28). The van der Waals surface area contributed by atoms with Gasteiger partial charge in [-0.2, -0.15) is 19.1 Å². The molecule has 1 N–H and O–H groups in total. The molecule has 0 spiro atoms. The number of anilines is 1. The van der Waals surface area contributed by atoms with Gasteiger partial charge in [0.15, 0.2) is 17.1 Å². The lowest BCUT2D eigenvalue weighted by molar-refractivity contribution is -0.116. The van der Waals surface area contributed by atoms with E-state index in [1.807, 2.05) is 19.9 Å². The fraction of sp³-hybridized carbons (Fsp3) is 0.300. The monoisotopic (exact) mass is 415 g/mol. The van der Waals surface area contributed by atoms with Crippen molar-refractivity contribution in [1.29, 1.82) is 5.26 Å². The summed E-state index contributed by atoms with van der Waals surface area (Å²) < 4.78 is 36.1. The molecule has 30 heavy (non-hydrogen) atoms. The minimum absolute atomic E-state index is 0.134. The lowest BCUT2D eigenvalue weighted by atomic mass is 10.1. The van der Waals surface area contributed by atoms with Gasteiger partial charge in [-0.3, -0.25) is 4.79 Å². The average Bonchev–Trinajstić information content (AvgIpc) is 3.10. The molecule has 0 unspecified atom stereocenters. The third kappa shape index (κ3) is 4.30. The lowest BCUT2D eigenvalue weighted by Crippen LogP contribution is -2.14. The Labute approximate surface area is 171 Å². The molecule has 2 aromatic heterocycles. The first-order valence-corrected chi connectivity index (χ1v) is 9.00. The number of rotatable bonds is 7. The zero-order chi connectivity index (χ0) is 21.8. The molecule has 2 heterocycles. The van der Waals surface area contributed by atoms with Crippen molar-refractivity contribution in [2.45, 2.75) is 33.3 Å². The quantitative estimate of drug-likeness (QED) is 0.635. The van der Waals surface area contributed by atoms with Crippen LogP contribution in [0.5, 0.6) is 11.5 Å². The number of nitrogens with one attached hydrogen (secondary N) is 1. The number of halogens is 2. The van der Waals surface area contributed by atoms with Crippen LogP contribution < -0.4 is 14.8 Å². The van der Waals surface area contributed by atoms with Crippen LogP contribution in [0, 0.1) is 25.2 Å². The molecular formula is C20H19F2N5O3. The number of ether oxygens (including phenoxy) is 2. The fourth-order valence-corrected chi connectivity index (χ4v) is 3.16. The van der Waals surface area contributed by atoms with Gasteiger partial charge in [0.2, 0.25) is 5.91 Å². The van der Waals surface area contributed by atoms with Gasteiger partial charge in [0, 0.05) is 29.6 Å². The third-order valence-corrected chi connectivity index (χ3v) is 4.59. The van der Waals surface area contributed by atoms with Crippen LogP contribution in [0.4, 0.5) is 14.5 Å². The number of carbonyl (C=O) groups is 1. The molecule has 0 bridgehead atoms. The van der Waals surface area contributed by atoms with Gasteiger partial charge in [0.05, 0.1) is 13.3 Å². The van der Waals surface area contributed by atoms with Crippen molar-refractivity contribution in [1.82, 2.24) is 14.6 Å². The second-order valence-corrected chi connectivity index (χ2v) is 6.46. The topological polar surface area (TPSA) is 102 Å². The van der Waals surface area contributed by atoms with Gasteiger partial charge in [0.1, 0.15) is 11.6 Å². The van der Waals surface area contributed by atoms with E-state index in [-0.39, 0.29) is 23.8 Å². The fourth-order valence-electron chi connectivity index (χ4n) is 3.16. The molecule has 8 nitrogen and oxygen atoms in total. The van der Waals surface area contributed by atoms with Gasteiger partial charge in [0.25, 0.3) is 0 Å². The number of aryl methyl sites for hydroxylation is 2. The van der Waals surface area contributed by atoms with Crippen LogP contribution in [-0.2, 0) is 11.2 Å². The Balaban J connectivity index is 1.73. The van der Waals surface area contributed by atoms with E-state index in [1.165, 1.54) is 31.5 Å². The van der Waals surface area contributed by atoms with Crippen LogP contribution in [0.3, 0.4) is 0 Å². The molecule has 0 fully saturated rings. The Bertz CT molecular complexity index is 1140. The predicted octanol–water partition coefficient (Wildman–Crippen LogP) is 3.40. The number of alkyl halides is 2. The van der Waals surface area contributed by atoms with E-state index in [2.05, 4.69) is 20.1 Å². The highest BCUT2D eigenvalue weighted by atomic mass is 19.3. The number of hydrogen-bond donors (Lipinski definition) is 1. The summed E-state index contributed by atoms with van der Waals surface area (Å²) in [5, 5.41) is 16.0. The van der Waals surface area contributed by atoms with Crippen molar-refractivity contribution in [3.63, 3.8) is 0 Å². The average molecular weight is 415 g/mol. The summed E-state index contributed by atoms with van der Waals surface area (Å²) >= 11 is 0. The number of nitrogens with zero attached hydrogens (tertiary/aromatic N) is 4. The summed E-state index contributed by atoms with van der Waals surface area (Å²) in [4.78, 5) is 16.8. The van der Waals surface area contributed by atoms with E-state index in [1.54, 1.807) is 4.52 Å². The van der Waals surface area contributed by atoms with Crippen LogP contribution >= 0.6 is 0 Å². The molecule has 0 aliphatic heterocycles. The normalized spacial score (nSPS) is 10.8. The van der Waals surface area contributed by atoms with Crippen molar-refractivity contribution in [3.05, 3.63) is 46.9 Å². The van der Waals surface area contributed by atoms with Gasteiger partial charge >= 0.3 is 6.61 Å². The third-order valence-electron chi connectivity index (χ3n) is 4.59. The van der Waals surface area contributed by atoms with Crippen LogP contribution in [0.2, 0.25) is 0 Å². The molecule has 0 atom stereocenters. The molecule has 3 aromatic rings. The molecule has 156 valence electrons. The number of aromatic nitrogens is 3. The highest BCUT2D eigenvalue weighted by Crippen LogP contribution is 2.31. The van der Waals surface area contributed by atoms with Gasteiger partial charge < -0.3 is 14.8 Å². The number of fused-ring (bicyclic) bond motifs is 1. The molecule has 10 heteroatoms. The van der Waals surface area contributed by atoms with E-state index >= 15 is 0 Å². The second kappa shape index (κ2) is 8.73. The molecule has 1 amide bonds. The summed E-state index contributed by atoms with van der Waals surface area (Å²) in [6.45, 7) is 0.647. The minimum atomic E-state index is -3.01. The maximum Gasteiger partial charge on any atom is 0.387 e. The highest BCUT2D eigenvalue weighted by molar-refractivity contribution is 5.91. The number of benzene rings is 1. The Morgan fingerprint density at radius 3 is 2.77 bits per heavy atom. The maximum atomic E-state index is 12.6. The summed E-state index contributed by atoms with van der Waals surface area (Å²) in [6.07, 6.45) is 1.98. The van der Waals surface area contributed by atoms with Gasteiger partial charge in [-0.05, 0) is 38.0 Å². The van der Waals surface area contributed by atoms with E-state index in [9.17, 15) is 13.6 Å². The van der Waals surface area contributed by atoms with Gasteiger partial charge in [-0.1, -0.05) is 0 Å². The molecule has 0 aliphatic rings. The van der Waals surface area contributed by atoms with Gasteiger partial charge in [-0.25, -0.2) is 9.50 Å². The molecule has 1 aromatic carbocycles. The van der Waals surface area contributed by atoms with Crippen molar-refractivity contribution < 1.29 is 23.0 Å². The smallest absolute Gasteiger partial charge is 0.387 e. The molecule has 0 saturated carbocycles. The summed E-state index contributed by atoms with van der Waals surface area (Å²) in [6, 6.07) is 6.30. The number of carbonyl (C=O) groups excluding carboxylic acids is 1. The largest absolute Gasteiger partial charge is 0.493 e. The SMILES string of the molecule is COc1ccc(NC(=O)CCc2c(C)nc3c(C#N)cnn3c2C)cc1OC(F)F. The Morgan fingerprint density at radius 1 is 1.33 bits per heavy atom. The Kier molecular flexibility index (Phi) is 6.11.